The Morgan fingerprint density at radius 3 is 0.985 bits per heavy atom. The average molecular weight is 974 g/mol. The monoisotopic (exact) mass is 973 g/mol. The Balaban J connectivity index is 3.98. The number of hydrogen-bond donors (Lipinski definition) is 1. The zero-order chi connectivity index (χ0) is 49.0. The summed E-state index contributed by atoms with van der Waals surface area (Å²) < 4.78 is 35.3. The zero-order valence-electron chi connectivity index (χ0n) is 45.9. The van der Waals surface area contributed by atoms with E-state index in [9.17, 15) is 14.3 Å². The van der Waals surface area contributed by atoms with Gasteiger partial charge in [0, 0.05) is 13.0 Å². The molecule has 1 unspecified atom stereocenters. The van der Waals surface area contributed by atoms with Gasteiger partial charge < -0.3 is 18.9 Å². The van der Waals surface area contributed by atoms with E-state index >= 15 is 0 Å². The maximum atomic E-state index is 12.8. The second-order valence-electron chi connectivity index (χ2n) is 21.8. The minimum atomic E-state index is -4.28. The number of nitrogens with zero attached hydrogens (tertiary/aromatic N) is 1. The first-order chi connectivity index (χ1) is 32.6. The molecule has 67 heavy (non-hydrogen) atoms. The lowest BCUT2D eigenvalue weighted by molar-refractivity contribution is -0.870. The van der Waals surface area contributed by atoms with Gasteiger partial charge in [0.15, 0.2) is 0 Å². The summed E-state index contributed by atoms with van der Waals surface area (Å²) in [5, 5.41) is 0. The first-order valence-corrected chi connectivity index (χ1v) is 31.3. The first-order valence-electron chi connectivity index (χ1n) is 29.8. The van der Waals surface area contributed by atoms with Gasteiger partial charge in [-0.1, -0.05) is 290 Å². The Hall–Kier alpha value is -0.500. The molecule has 0 bridgehead atoms. The summed E-state index contributed by atoms with van der Waals surface area (Å²) in [5.41, 5.74) is 0. The highest BCUT2D eigenvalue weighted by Crippen LogP contribution is 2.43. The molecule has 0 heterocycles. The van der Waals surface area contributed by atoms with Crippen molar-refractivity contribution in [2.75, 3.05) is 54.1 Å². The lowest BCUT2D eigenvalue weighted by Gasteiger charge is -2.24. The van der Waals surface area contributed by atoms with Crippen molar-refractivity contribution in [1.29, 1.82) is 0 Å². The van der Waals surface area contributed by atoms with Crippen molar-refractivity contribution in [3.63, 3.8) is 0 Å². The molecule has 0 fully saturated rings. The highest BCUT2D eigenvalue weighted by molar-refractivity contribution is 7.47. The van der Waals surface area contributed by atoms with E-state index in [0.29, 0.717) is 24.1 Å². The standard InChI is InChI=1S/C58H118NO7P/c1-6-8-10-12-14-16-18-20-22-24-26-28-29-30-31-32-33-35-37-39-41-43-45-47-49-51-58(60)66-57(56-65-67(61,62)64-54-52-59(3,4)5)55-63-53-50-48-46-44-42-40-38-36-34-27-25-23-21-19-17-15-13-11-9-7-2/h57H,6-56H2,1-5H3/p+1/t57-/m1/s1. The van der Waals surface area contributed by atoms with Crippen LogP contribution < -0.4 is 0 Å². The Bertz CT molecular complexity index is 1040. The van der Waals surface area contributed by atoms with Crippen molar-refractivity contribution in [1.82, 2.24) is 0 Å². The molecule has 8 nitrogen and oxygen atoms in total. The van der Waals surface area contributed by atoms with E-state index in [1.807, 2.05) is 21.1 Å². The molecule has 0 saturated heterocycles. The van der Waals surface area contributed by atoms with Gasteiger partial charge in [-0.15, -0.1) is 0 Å². The van der Waals surface area contributed by atoms with Gasteiger partial charge in [0.1, 0.15) is 19.3 Å². The molecule has 9 heteroatoms. The van der Waals surface area contributed by atoms with Crippen LogP contribution in [0.25, 0.3) is 0 Å². The molecule has 0 aromatic rings. The van der Waals surface area contributed by atoms with Crippen molar-refractivity contribution in [3.05, 3.63) is 0 Å². The molecule has 1 N–H and O–H groups in total. The summed E-state index contributed by atoms with van der Waals surface area (Å²) in [6.45, 7) is 5.72. The van der Waals surface area contributed by atoms with E-state index in [0.717, 1.165) is 32.1 Å². The first kappa shape index (κ1) is 66.5. The molecule has 0 aromatic heterocycles. The number of ether oxygens (including phenoxy) is 2. The summed E-state index contributed by atoms with van der Waals surface area (Å²) >= 11 is 0. The number of likely N-dealkylation sites (N-methyl/N-ethyl adjacent to an activating group) is 1. The van der Waals surface area contributed by atoms with Gasteiger partial charge in [0.25, 0.3) is 0 Å². The number of carbonyl (C=O) groups is 1. The Kier molecular flexibility index (Phi) is 51.5. The number of unbranched alkanes of at least 4 members (excludes halogenated alkanes) is 43. The molecule has 0 aromatic carbocycles. The summed E-state index contributed by atoms with van der Waals surface area (Å²) in [6.07, 6.45) is 60.3. The van der Waals surface area contributed by atoms with Crippen LogP contribution in [0.5, 0.6) is 0 Å². The predicted molar refractivity (Wildman–Crippen MR) is 289 cm³/mol. The lowest BCUT2D eigenvalue weighted by Crippen LogP contribution is -2.37. The van der Waals surface area contributed by atoms with E-state index in [2.05, 4.69) is 13.8 Å². The summed E-state index contributed by atoms with van der Waals surface area (Å²) in [7, 11) is 1.69. The highest BCUT2D eigenvalue weighted by Gasteiger charge is 2.26. The lowest BCUT2D eigenvalue weighted by atomic mass is 10.0. The molecule has 0 aliphatic rings. The number of carbonyl (C=O) groups excluding carboxylic acids is 1. The zero-order valence-corrected chi connectivity index (χ0v) is 46.8. The van der Waals surface area contributed by atoms with Crippen molar-refractivity contribution in [2.45, 2.75) is 315 Å². The molecule has 0 saturated carbocycles. The van der Waals surface area contributed by atoms with Crippen LogP contribution in [0.4, 0.5) is 0 Å². The Labute approximate surface area is 418 Å². The number of phosphoric ester groups is 1. The van der Waals surface area contributed by atoms with Crippen LogP contribution in [0.2, 0.25) is 0 Å². The molecular formula is C58H119NO7P+. The Morgan fingerprint density at radius 1 is 0.403 bits per heavy atom. The molecule has 0 aliphatic carbocycles. The smallest absolute Gasteiger partial charge is 0.457 e. The average Bonchev–Trinajstić information content (AvgIpc) is 3.29. The largest absolute Gasteiger partial charge is 0.472 e. The van der Waals surface area contributed by atoms with E-state index in [1.54, 1.807) is 0 Å². The number of esters is 1. The molecule has 0 radical (unpaired) electrons. The summed E-state index contributed by atoms with van der Waals surface area (Å²) in [5.74, 6) is -0.302. The van der Waals surface area contributed by atoms with Crippen LogP contribution in [0, 0.1) is 0 Å². The van der Waals surface area contributed by atoms with Gasteiger partial charge in [-0.3, -0.25) is 13.8 Å². The molecule has 0 aliphatic heterocycles. The maximum absolute atomic E-state index is 12.8. The molecular weight excluding hydrogens is 854 g/mol. The van der Waals surface area contributed by atoms with Crippen molar-refractivity contribution in [3.8, 4) is 0 Å². The minimum absolute atomic E-state index is 0.0945. The third kappa shape index (κ3) is 56.3. The van der Waals surface area contributed by atoms with Gasteiger partial charge >= 0.3 is 13.8 Å². The fourth-order valence-electron chi connectivity index (χ4n) is 9.09. The van der Waals surface area contributed by atoms with Crippen molar-refractivity contribution >= 4 is 13.8 Å². The van der Waals surface area contributed by atoms with E-state index in [1.165, 1.54) is 257 Å². The van der Waals surface area contributed by atoms with Gasteiger partial charge in [-0.2, -0.15) is 0 Å². The van der Waals surface area contributed by atoms with Gasteiger partial charge in [-0.05, 0) is 12.8 Å². The second-order valence-corrected chi connectivity index (χ2v) is 23.2. The summed E-state index contributed by atoms with van der Waals surface area (Å²) in [6, 6.07) is 0. The molecule has 0 rings (SSSR count). The van der Waals surface area contributed by atoms with E-state index in [-0.39, 0.29) is 25.8 Å². The third-order valence-electron chi connectivity index (χ3n) is 13.7. The summed E-state index contributed by atoms with van der Waals surface area (Å²) in [4.78, 5) is 23.1. The predicted octanol–water partition coefficient (Wildman–Crippen LogP) is 18.7. The van der Waals surface area contributed by atoms with Crippen molar-refractivity contribution in [2.24, 2.45) is 0 Å². The molecule has 0 spiro atoms. The van der Waals surface area contributed by atoms with Crippen LogP contribution in [-0.2, 0) is 27.9 Å². The topological polar surface area (TPSA) is 91.3 Å². The van der Waals surface area contributed by atoms with Gasteiger partial charge in [-0.25, -0.2) is 4.57 Å². The van der Waals surface area contributed by atoms with Gasteiger partial charge in [0.05, 0.1) is 34.4 Å². The number of phosphoric acid groups is 1. The number of hydrogen-bond acceptors (Lipinski definition) is 6. The van der Waals surface area contributed by atoms with Gasteiger partial charge in [0.2, 0.25) is 0 Å². The molecule has 2 atom stereocenters. The Morgan fingerprint density at radius 2 is 0.687 bits per heavy atom. The van der Waals surface area contributed by atoms with Crippen LogP contribution in [-0.4, -0.2) is 75.6 Å². The fraction of sp³-hybridized carbons (Fsp3) is 0.983. The van der Waals surface area contributed by atoms with Crippen LogP contribution in [0.15, 0.2) is 0 Å². The van der Waals surface area contributed by atoms with E-state index < -0.39 is 13.9 Å². The molecule has 402 valence electrons. The SMILES string of the molecule is CCCCCCCCCCCCCCCCCCCCCCCCCCCC(=O)O[C@H](COCCCCCCCCCCCCCCCCCCCCCC)COP(=O)(O)OCC[N+](C)(C)C. The minimum Gasteiger partial charge on any atom is -0.457 e. The van der Waals surface area contributed by atoms with Crippen LogP contribution in [0.3, 0.4) is 0 Å². The van der Waals surface area contributed by atoms with Crippen molar-refractivity contribution < 1.29 is 37.3 Å². The molecule has 0 amide bonds. The number of quaternary nitrogens is 1. The van der Waals surface area contributed by atoms with E-state index in [4.69, 9.17) is 18.5 Å². The second kappa shape index (κ2) is 51.8. The highest BCUT2D eigenvalue weighted by atomic mass is 31.2. The quantitative estimate of drug-likeness (QED) is 0.0281. The third-order valence-corrected chi connectivity index (χ3v) is 14.7. The fourth-order valence-corrected chi connectivity index (χ4v) is 9.83. The normalized spacial score (nSPS) is 13.3. The van der Waals surface area contributed by atoms with Crippen LogP contribution in [0.1, 0.15) is 309 Å². The van der Waals surface area contributed by atoms with Crippen LogP contribution >= 0.6 is 7.82 Å². The maximum Gasteiger partial charge on any atom is 0.472 e. The number of rotatable bonds is 57.